The summed E-state index contributed by atoms with van der Waals surface area (Å²) < 4.78 is 1.99. The summed E-state index contributed by atoms with van der Waals surface area (Å²) in [4.78, 5) is 2.34. The number of thioether (sulfide) groups is 1. The summed E-state index contributed by atoms with van der Waals surface area (Å²) in [7, 11) is 4.18. The molecule has 3 nitrogen and oxygen atoms in total. The molecule has 1 aromatic rings. The molecule has 0 spiro atoms. The molecule has 0 radical (unpaired) electrons. The van der Waals surface area contributed by atoms with Gasteiger partial charge in [-0.05, 0) is 32.3 Å². The van der Waals surface area contributed by atoms with Crippen molar-refractivity contribution in [2.75, 3.05) is 24.0 Å². The van der Waals surface area contributed by atoms with E-state index in [0.29, 0.717) is 6.04 Å². The summed E-state index contributed by atoms with van der Waals surface area (Å²) in [6, 6.07) is 0.537. The summed E-state index contributed by atoms with van der Waals surface area (Å²) in [6.45, 7) is 4.34. The van der Waals surface area contributed by atoms with Gasteiger partial charge in [0, 0.05) is 31.0 Å². The number of rotatable bonds is 6. The first-order chi connectivity index (χ1) is 8.02. The van der Waals surface area contributed by atoms with Gasteiger partial charge in [-0.2, -0.15) is 16.9 Å². The summed E-state index contributed by atoms with van der Waals surface area (Å²) in [5.41, 5.74) is 2.41. The predicted octanol–water partition coefficient (Wildman–Crippen LogP) is 3.20. The van der Waals surface area contributed by atoms with E-state index in [-0.39, 0.29) is 0 Å². The number of alkyl halides is 1. The Morgan fingerprint density at radius 1 is 1.53 bits per heavy atom. The van der Waals surface area contributed by atoms with Gasteiger partial charge in [-0.1, -0.05) is 15.9 Å². The van der Waals surface area contributed by atoms with Crippen LogP contribution in [0.2, 0.25) is 0 Å². The minimum absolute atomic E-state index is 0.537. The van der Waals surface area contributed by atoms with Crippen molar-refractivity contribution < 1.29 is 0 Å². The maximum Gasteiger partial charge on any atom is 0.130 e. The van der Waals surface area contributed by atoms with Gasteiger partial charge >= 0.3 is 0 Å². The second-order valence-electron chi connectivity index (χ2n) is 4.39. The van der Waals surface area contributed by atoms with E-state index in [2.05, 4.69) is 53.1 Å². The van der Waals surface area contributed by atoms with Gasteiger partial charge < -0.3 is 4.90 Å². The normalized spacial score (nSPS) is 12.8. The molecule has 98 valence electrons. The highest BCUT2D eigenvalue weighted by Crippen LogP contribution is 2.26. The molecule has 0 saturated carbocycles. The first-order valence-corrected chi connectivity index (χ1v) is 8.34. The quantitative estimate of drug-likeness (QED) is 0.751. The average molecular weight is 320 g/mol. The van der Waals surface area contributed by atoms with Gasteiger partial charge in [-0.25, -0.2) is 0 Å². The van der Waals surface area contributed by atoms with Gasteiger partial charge in [0.2, 0.25) is 0 Å². The molecule has 0 aliphatic rings. The van der Waals surface area contributed by atoms with Crippen LogP contribution in [-0.2, 0) is 12.4 Å². The Morgan fingerprint density at radius 2 is 2.18 bits per heavy atom. The predicted molar refractivity (Wildman–Crippen MR) is 81.4 cm³/mol. The molecule has 0 amide bonds. The van der Waals surface area contributed by atoms with E-state index in [1.165, 1.54) is 23.6 Å². The Hall–Kier alpha value is -0.160. The number of aryl methyl sites for hydroxylation is 2. The third-order valence-corrected chi connectivity index (χ3v) is 4.39. The van der Waals surface area contributed by atoms with E-state index in [9.17, 15) is 0 Å². The molecule has 17 heavy (non-hydrogen) atoms. The van der Waals surface area contributed by atoms with E-state index in [4.69, 9.17) is 0 Å². The van der Waals surface area contributed by atoms with Crippen molar-refractivity contribution in [2.24, 2.45) is 7.05 Å². The largest absolute Gasteiger partial charge is 0.357 e. The Morgan fingerprint density at radius 3 is 2.71 bits per heavy atom. The number of halogens is 1. The topological polar surface area (TPSA) is 21.1 Å². The maximum absolute atomic E-state index is 4.51. The average Bonchev–Trinajstić information content (AvgIpc) is 2.59. The van der Waals surface area contributed by atoms with E-state index in [0.717, 1.165) is 11.0 Å². The van der Waals surface area contributed by atoms with E-state index in [1.54, 1.807) is 0 Å². The van der Waals surface area contributed by atoms with E-state index >= 15 is 0 Å². The van der Waals surface area contributed by atoms with Crippen LogP contribution in [0.25, 0.3) is 0 Å². The van der Waals surface area contributed by atoms with Crippen LogP contribution in [-0.4, -0.2) is 34.9 Å². The molecule has 5 heteroatoms. The van der Waals surface area contributed by atoms with Crippen molar-refractivity contribution in [3.8, 4) is 0 Å². The highest BCUT2D eigenvalue weighted by molar-refractivity contribution is 9.08. The lowest BCUT2D eigenvalue weighted by Gasteiger charge is -2.27. The molecule has 0 N–H and O–H groups in total. The van der Waals surface area contributed by atoms with Crippen LogP contribution in [0.4, 0.5) is 5.82 Å². The van der Waals surface area contributed by atoms with Crippen molar-refractivity contribution in [1.82, 2.24) is 9.78 Å². The molecule has 0 aliphatic heterocycles. The smallest absolute Gasteiger partial charge is 0.130 e. The molecule has 1 unspecified atom stereocenters. The number of nitrogens with zero attached hydrogens (tertiary/aromatic N) is 3. The maximum atomic E-state index is 4.51. The fraction of sp³-hybridized carbons (Fsp3) is 0.750. The number of aromatic nitrogens is 2. The Labute approximate surface area is 117 Å². The van der Waals surface area contributed by atoms with Gasteiger partial charge in [-0.3, -0.25) is 4.68 Å². The Balaban J connectivity index is 2.90. The Bertz CT molecular complexity index is 365. The molecule has 0 aromatic carbocycles. The molecular weight excluding hydrogens is 298 g/mol. The molecule has 0 aliphatic carbocycles. The van der Waals surface area contributed by atoms with Gasteiger partial charge in [0.1, 0.15) is 5.82 Å². The van der Waals surface area contributed by atoms with Crippen molar-refractivity contribution in [1.29, 1.82) is 0 Å². The van der Waals surface area contributed by atoms with Crippen molar-refractivity contribution in [2.45, 2.75) is 31.6 Å². The second kappa shape index (κ2) is 6.69. The fourth-order valence-corrected chi connectivity index (χ4v) is 3.21. The van der Waals surface area contributed by atoms with Crippen molar-refractivity contribution in [3.05, 3.63) is 11.3 Å². The summed E-state index contributed by atoms with van der Waals surface area (Å²) in [5.74, 6) is 2.43. The van der Waals surface area contributed by atoms with Gasteiger partial charge in [0.05, 0.1) is 5.69 Å². The van der Waals surface area contributed by atoms with Crippen LogP contribution in [0.15, 0.2) is 0 Å². The monoisotopic (exact) mass is 319 g/mol. The number of hydrogen-bond donors (Lipinski definition) is 0. The van der Waals surface area contributed by atoms with Crippen molar-refractivity contribution >= 4 is 33.5 Å². The first kappa shape index (κ1) is 14.9. The Kier molecular flexibility index (Phi) is 5.86. The number of anilines is 1. The summed E-state index contributed by atoms with van der Waals surface area (Å²) in [5, 5.41) is 5.37. The highest BCUT2D eigenvalue weighted by Gasteiger charge is 2.19. The lowest BCUT2D eigenvalue weighted by Crippen LogP contribution is -2.31. The third-order valence-electron chi connectivity index (χ3n) is 3.18. The molecule has 0 bridgehead atoms. The molecule has 1 rings (SSSR count). The zero-order chi connectivity index (χ0) is 13.0. The highest BCUT2D eigenvalue weighted by atomic mass is 79.9. The fourth-order valence-electron chi connectivity index (χ4n) is 1.98. The molecular formula is C12H22BrN3S. The molecule has 1 aromatic heterocycles. The zero-order valence-corrected chi connectivity index (χ0v) is 13.7. The van der Waals surface area contributed by atoms with Crippen LogP contribution in [0.1, 0.15) is 24.6 Å². The second-order valence-corrected chi connectivity index (χ2v) is 5.93. The SMILES string of the molecule is CSCCC(C)N(C)c1c(CBr)c(C)nn1C. The minimum atomic E-state index is 0.537. The van der Waals surface area contributed by atoms with E-state index < -0.39 is 0 Å². The first-order valence-electron chi connectivity index (χ1n) is 5.83. The van der Waals surface area contributed by atoms with Crippen LogP contribution in [0.3, 0.4) is 0 Å². The van der Waals surface area contributed by atoms with Crippen molar-refractivity contribution in [3.63, 3.8) is 0 Å². The lowest BCUT2D eigenvalue weighted by atomic mass is 10.2. The minimum Gasteiger partial charge on any atom is -0.357 e. The molecule has 1 heterocycles. The van der Waals surface area contributed by atoms with Crippen LogP contribution < -0.4 is 4.90 Å². The third kappa shape index (κ3) is 3.41. The standard InChI is InChI=1S/C12H22BrN3S/c1-9(6-7-17-5)15(3)12-11(8-13)10(2)14-16(12)4/h9H,6-8H2,1-5H3. The van der Waals surface area contributed by atoms with E-state index in [1.807, 2.05) is 23.5 Å². The summed E-state index contributed by atoms with van der Waals surface area (Å²) >= 11 is 5.46. The van der Waals surface area contributed by atoms with Gasteiger partial charge in [0.25, 0.3) is 0 Å². The zero-order valence-electron chi connectivity index (χ0n) is 11.3. The molecule has 0 saturated heterocycles. The lowest BCUT2D eigenvalue weighted by molar-refractivity contribution is 0.632. The van der Waals surface area contributed by atoms with Crippen LogP contribution in [0, 0.1) is 6.92 Å². The number of hydrogen-bond acceptors (Lipinski definition) is 3. The van der Waals surface area contributed by atoms with Crippen LogP contribution in [0.5, 0.6) is 0 Å². The van der Waals surface area contributed by atoms with Crippen LogP contribution >= 0.6 is 27.7 Å². The molecule has 0 fully saturated rings. The van der Waals surface area contributed by atoms with Gasteiger partial charge in [-0.15, -0.1) is 0 Å². The molecule has 1 atom stereocenters. The summed E-state index contributed by atoms with van der Waals surface area (Å²) in [6.07, 6.45) is 3.36. The van der Waals surface area contributed by atoms with Gasteiger partial charge in [0.15, 0.2) is 0 Å².